The Bertz CT molecular complexity index is 959. The molecule has 0 heterocycles. The summed E-state index contributed by atoms with van der Waals surface area (Å²) in [5.74, 6) is 6.18. The first-order valence-corrected chi connectivity index (χ1v) is 7.95. The molecule has 3 aromatic carbocycles. The normalized spacial score (nSPS) is 19.8. The van der Waals surface area contributed by atoms with Gasteiger partial charge in [0.1, 0.15) is 0 Å². The van der Waals surface area contributed by atoms with Gasteiger partial charge in [0.2, 0.25) is 0 Å². The minimum absolute atomic E-state index is 0.854. The molecular formula is C23H16O. The van der Waals surface area contributed by atoms with Crippen molar-refractivity contribution in [3.8, 4) is 11.8 Å². The third kappa shape index (κ3) is 2.44. The molecule has 1 aliphatic rings. The molecule has 24 heavy (non-hydrogen) atoms. The third-order valence-electron chi connectivity index (χ3n) is 4.27. The van der Waals surface area contributed by atoms with Crippen LogP contribution in [0.3, 0.4) is 0 Å². The summed E-state index contributed by atoms with van der Waals surface area (Å²) in [7, 11) is 0. The van der Waals surface area contributed by atoms with Crippen LogP contribution in [0.2, 0.25) is 0 Å². The van der Waals surface area contributed by atoms with Crippen LogP contribution < -0.4 is 0 Å². The molecule has 1 heteroatoms. The van der Waals surface area contributed by atoms with E-state index in [0.717, 1.165) is 27.8 Å². The maximum atomic E-state index is 11.2. The maximum Gasteiger partial charge on any atom is 0.178 e. The lowest BCUT2D eigenvalue weighted by Gasteiger charge is -2.38. The smallest absolute Gasteiger partial charge is 0.178 e. The molecule has 3 aromatic rings. The van der Waals surface area contributed by atoms with E-state index in [0.29, 0.717) is 0 Å². The summed E-state index contributed by atoms with van der Waals surface area (Å²) in [6.45, 7) is 0. The zero-order valence-electron chi connectivity index (χ0n) is 13.1. The van der Waals surface area contributed by atoms with E-state index in [1.165, 1.54) is 0 Å². The predicted molar refractivity (Wildman–Crippen MR) is 98.0 cm³/mol. The molecule has 0 saturated heterocycles. The number of benzene rings is 3. The molecule has 0 spiro atoms. The molecule has 1 unspecified atom stereocenters. The Kier molecular flexibility index (Phi) is 3.54. The Labute approximate surface area is 141 Å². The van der Waals surface area contributed by atoms with Crippen molar-refractivity contribution in [1.29, 1.82) is 0 Å². The second-order valence-electron chi connectivity index (χ2n) is 5.84. The van der Waals surface area contributed by atoms with Gasteiger partial charge in [-0.2, -0.15) is 0 Å². The van der Waals surface area contributed by atoms with Gasteiger partial charge in [-0.05, 0) is 29.3 Å². The van der Waals surface area contributed by atoms with E-state index < -0.39 is 5.60 Å². The number of rotatable bonds is 1. The van der Waals surface area contributed by atoms with E-state index in [4.69, 9.17) is 0 Å². The molecule has 0 radical (unpaired) electrons. The van der Waals surface area contributed by atoms with Gasteiger partial charge in [0.25, 0.3) is 0 Å². The van der Waals surface area contributed by atoms with E-state index in [9.17, 15) is 5.11 Å². The standard InChI is InChI=1S/C23H16O/c24-23(16-15-18-9-3-1-4-10-18)21-14-8-7-13-20(21)22(23)17-19-11-5-2-6-12-19/h1-14,17,24H/b22-17-. The molecule has 1 nitrogen and oxygen atoms in total. The van der Waals surface area contributed by atoms with Crippen LogP contribution in [-0.2, 0) is 5.60 Å². The highest BCUT2D eigenvalue weighted by atomic mass is 16.3. The lowest BCUT2D eigenvalue weighted by molar-refractivity contribution is 0.151. The molecule has 4 rings (SSSR count). The largest absolute Gasteiger partial charge is 0.369 e. The van der Waals surface area contributed by atoms with E-state index in [1.54, 1.807) is 0 Å². The summed E-state index contributed by atoms with van der Waals surface area (Å²) in [5, 5.41) is 11.2. The third-order valence-corrected chi connectivity index (χ3v) is 4.27. The fraction of sp³-hybridized carbons (Fsp3) is 0.0435. The van der Waals surface area contributed by atoms with E-state index in [-0.39, 0.29) is 0 Å². The van der Waals surface area contributed by atoms with Crippen molar-refractivity contribution >= 4 is 11.6 Å². The zero-order chi connectivity index (χ0) is 16.4. The van der Waals surface area contributed by atoms with Crippen LogP contribution in [-0.4, -0.2) is 5.11 Å². The fourth-order valence-electron chi connectivity index (χ4n) is 3.03. The van der Waals surface area contributed by atoms with E-state index in [1.807, 2.05) is 91.0 Å². The first-order chi connectivity index (χ1) is 11.8. The minimum Gasteiger partial charge on any atom is -0.369 e. The summed E-state index contributed by atoms with van der Waals surface area (Å²) < 4.78 is 0. The average molecular weight is 308 g/mol. The second kappa shape index (κ2) is 5.85. The van der Waals surface area contributed by atoms with Gasteiger partial charge in [0.15, 0.2) is 5.60 Å². The molecule has 114 valence electrons. The monoisotopic (exact) mass is 308 g/mol. The van der Waals surface area contributed by atoms with Gasteiger partial charge in [0, 0.05) is 16.7 Å². The number of fused-ring (bicyclic) bond motifs is 1. The van der Waals surface area contributed by atoms with Crippen molar-refractivity contribution in [2.75, 3.05) is 0 Å². The van der Waals surface area contributed by atoms with Crippen LogP contribution in [0.15, 0.2) is 84.9 Å². The Balaban J connectivity index is 1.81. The molecule has 0 bridgehead atoms. The van der Waals surface area contributed by atoms with Crippen molar-refractivity contribution < 1.29 is 5.11 Å². The van der Waals surface area contributed by atoms with Gasteiger partial charge in [-0.25, -0.2) is 0 Å². The van der Waals surface area contributed by atoms with Gasteiger partial charge in [-0.1, -0.05) is 84.6 Å². The molecule has 0 aliphatic heterocycles. The lowest BCUT2D eigenvalue weighted by atomic mass is 9.68. The topological polar surface area (TPSA) is 20.2 Å². The van der Waals surface area contributed by atoms with Gasteiger partial charge < -0.3 is 5.11 Å². The Morgan fingerprint density at radius 3 is 2.12 bits per heavy atom. The average Bonchev–Trinajstić information content (AvgIpc) is 2.66. The summed E-state index contributed by atoms with van der Waals surface area (Å²) in [6, 6.07) is 27.7. The Morgan fingerprint density at radius 2 is 1.38 bits per heavy atom. The SMILES string of the molecule is OC1(C#Cc2ccccc2)/C(=C\c2ccccc2)c2ccccc21. The van der Waals surface area contributed by atoms with E-state index >= 15 is 0 Å². The van der Waals surface area contributed by atoms with Crippen LogP contribution in [0.4, 0.5) is 0 Å². The molecule has 0 amide bonds. The lowest BCUT2D eigenvalue weighted by Crippen LogP contribution is -2.35. The summed E-state index contributed by atoms with van der Waals surface area (Å²) in [5.41, 5.74) is 3.52. The van der Waals surface area contributed by atoms with Crippen molar-refractivity contribution in [3.63, 3.8) is 0 Å². The van der Waals surface area contributed by atoms with Crippen molar-refractivity contribution in [3.05, 3.63) is 107 Å². The highest BCUT2D eigenvalue weighted by Crippen LogP contribution is 2.49. The zero-order valence-corrected chi connectivity index (χ0v) is 13.1. The summed E-state index contributed by atoms with van der Waals surface area (Å²) in [4.78, 5) is 0. The fourth-order valence-corrected chi connectivity index (χ4v) is 3.03. The Morgan fingerprint density at radius 1 is 0.750 bits per heavy atom. The second-order valence-corrected chi connectivity index (χ2v) is 5.84. The van der Waals surface area contributed by atoms with Crippen LogP contribution in [0.25, 0.3) is 11.6 Å². The molecule has 0 aromatic heterocycles. The maximum absolute atomic E-state index is 11.2. The Hall–Kier alpha value is -3.08. The molecule has 0 fully saturated rings. The number of hydrogen-bond acceptors (Lipinski definition) is 1. The van der Waals surface area contributed by atoms with Gasteiger partial charge in [0.05, 0.1) is 0 Å². The summed E-state index contributed by atoms with van der Waals surface area (Å²) in [6.07, 6.45) is 2.02. The molecule has 1 N–H and O–H groups in total. The van der Waals surface area contributed by atoms with Crippen LogP contribution >= 0.6 is 0 Å². The van der Waals surface area contributed by atoms with Crippen molar-refractivity contribution in [2.24, 2.45) is 0 Å². The highest BCUT2D eigenvalue weighted by Gasteiger charge is 2.44. The van der Waals surface area contributed by atoms with Crippen molar-refractivity contribution in [1.82, 2.24) is 0 Å². The first kappa shape index (κ1) is 14.5. The minimum atomic E-state index is -1.22. The number of aliphatic hydroxyl groups is 1. The van der Waals surface area contributed by atoms with Gasteiger partial charge in [-0.15, -0.1) is 0 Å². The molecule has 0 saturated carbocycles. The summed E-state index contributed by atoms with van der Waals surface area (Å²) >= 11 is 0. The molecule has 1 aliphatic carbocycles. The van der Waals surface area contributed by atoms with Crippen LogP contribution in [0.5, 0.6) is 0 Å². The quantitative estimate of drug-likeness (QED) is 0.657. The first-order valence-electron chi connectivity index (χ1n) is 7.95. The molecular weight excluding hydrogens is 292 g/mol. The van der Waals surface area contributed by atoms with E-state index in [2.05, 4.69) is 11.8 Å². The number of hydrogen-bond donors (Lipinski definition) is 1. The molecule has 1 atom stereocenters. The van der Waals surface area contributed by atoms with Crippen molar-refractivity contribution in [2.45, 2.75) is 5.60 Å². The van der Waals surface area contributed by atoms with Crippen LogP contribution in [0, 0.1) is 11.8 Å². The van der Waals surface area contributed by atoms with Gasteiger partial charge >= 0.3 is 0 Å². The van der Waals surface area contributed by atoms with Crippen LogP contribution in [0.1, 0.15) is 22.3 Å². The predicted octanol–water partition coefficient (Wildman–Crippen LogP) is 4.48. The highest BCUT2D eigenvalue weighted by molar-refractivity contribution is 5.98. The van der Waals surface area contributed by atoms with Gasteiger partial charge in [-0.3, -0.25) is 0 Å².